The molecule has 2 aliphatic rings. The minimum Gasteiger partial charge on any atom is -0.349 e. The molecule has 0 saturated heterocycles. The summed E-state index contributed by atoms with van der Waals surface area (Å²) in [6.07, 6.45) is 17.7. The first kappa shape index (κ1) is 22.8. The Morgan fingerprint density at radius 3 is 2.53 bits per heavy atom. The van der Waals surface area contributed by atoms with Crippen molar-refractivity contribution >= 4 is 23.1 Å². The summed E-state index contributed by atoms with van der Waals surface area (Å²) < 4.78 is 1.66. The molecule has 2 saturated carbocycles. The van der Waals surface area contributed by atoms with Gasteiger partial charge in [0.25, 0.3) is 5.91 Å². The highest BCUT2D eigenvalue weighted by Crippen LogP contribution is 2.35. The zero-order chi connectivity index (χ0) is 23.5. The van der Waals surface area contributed by atoms with Gasteiger partial charge in [-0.1, -0.05) is 0 Å². The van der Waals surface area contributed by atoms with Crippen LogP contribution in [0.25, 0.3) is 5.65 Å². The van der Waals surface area contributed by atoms with Crippen molar-refractivity contribution in [3.63, 3.8) is 0 Å². The standard InChI is InChI=1S/C26H35N7O/c1-32(22-3-2-13-28-16-22)24-12-14-33-25(31-24)23(17-29-33)26(34)30-21-10-6-19(7-11-21)15-18-4-8-20(27)9-5-18/h2-3,12-14,16-21H,4-11,15,27H2,1H3,(H,30,34). The van der Waals surface area contributed by atoms with E-state index in [1.54, 1.807) is 23.1 Å². The van der Waals surface area contributed by atoms with Gasteiger partial charge in [0.05, 0.1) is 18.1 Å². The van der Waals surface area contributed by atoms with Crippen molar-refractivity contribution in [2.45, 2.75) is 69.9 Å². The van der Waals surface area contributed by atoms with Crippen LogP contribution < -0.4 is 16.0 Å². The van der Waals surface area contributed by atoms with E-state index in [-0.39, 0.29) is 11.9 Å². The molecule has 0 aliphatic heterocycles. The highest BCUT2D eigenvalue weighted by Gasteiger charge is 2.27. The number of nitrogens with zero attached hydrogens (tertiary/aromatic N) is 5. The van der Waals surface area contributed by atoms with E-state index in [0.717, 1.165) is 36.2 Å². The molecule has 2 aliphatic carbocycles. The van der Waals surface area contributed by atoms with E-state index in [9.17, 15) is 4.79 Å². The fourth-order valence-electron chi connectivity index (χ4n) is 5.59. The lowest BCUT2D eigenvalue weighted by molar-refractivity contribution is 0.0920. The molecule has 180 valence electrons. The lowest BCUT2D eigenvalue weighted by Gasteiger charge is -2.33. The smallest absolute Gasteiger partial charge is 0.256 e. The van der Waals surface area contributed by atoms with E-state index in [0.29, 0.717) is 17.3 Å². The van der Waals surface area contributed by atoms with Crippen LogP contribution in [0.3, 0.4) is 0 Å². The summed E-state index contributed by atoms with van der Waals surface area (Å²) in [5.74, 6) is 2.28. The molecule has 3 N–H and O–H groups in total. The van der Waals surface area contributed by atoms with E-state index in [1.165, 1.54) is 44.9 Å². The lowest BCUT2D eigenvalue weighted by Crippen LogP contribution is -2.38. The van der Waals surface area contributed by atoms with E-state index < -0.39 is 0 Å². The van der Waals surface area contributed by atoms with Crippen LogP contribution in [0.15, 0.2) is 43.0 Å². The Bertz CT molecular complexity index is 1100. The van der Waals surface area contributed by atoms with Gasteiger partial charge in [-0.15, -0.1) is 0 Å². The number of fused-ring (bicyclic) bond motifs is 1. The van der Waals surface area contributed by atoms with Crippen LogP contribution in [0.2, 0.25) is 0 Å². The minimum absolute atomic E-state index is 0.0894. The van der Waals surface area contributed by atoms with Crippen molar-refractivity contribution < 1.29 is 4.79 Å². The molecular weight excluding hydrogens is 426 g/mol. The van der Waals surface area contributed by atoms with Crippen LogP contribution in [0.4, 0.5) is 11.5 Å². The van der Waals surface area contributed by atoms with Crippen LogP contribution in [0.1, 0.15) is 68.1 Å². The topological polar surface area (TPSA) is 101 Å². The molecule has 3 aromatic rings. The zero-order valence-electron chi connectivity index (χ0n) is 19.9. The molecule has 0 radical (unpaired) electrons. The number of aromatic nitrogens is 4. The van der Waals surface area contributed by atoms with Crippen molar-refractivity contribution in [2.24, 2.45) is 17.6 Å². The molecule has 1 amide bonds. The molecule has 5 rings (SSSR count). The Hall–Kier alpha value is -3.00. The van der Waals surface area contributed by atoms with Gasteiger partial charge in [0.1, 0.15) is 11.4 Å². The first-order chi connectivity index (χ1) is 16.6. The minimum atomic E-state index is -0.0894. The first-order valence-corrected chi connectivity index (χ1v) is 12.6. The number of carbonyl (C=O) groups excluding carboxylic acids is 1. The number of rotatable bonds is 6. The van der Waals surface area contributed by atoms with E-state index in [2.05, 4.69) is 15.4 Å². The van der Waals surface area contributed by atoms with Gasteiger partial charge in [0.15, 0.2) is 5.65 Å². The van der Waals surface area contributed by atoms with Crippen molar-refractivity contribution in [3.8, 4) is 0 Å². The largest absolute Gasteiger partial charge is 0.349 e. The maximum Gasteiger partial charge on any atom is 0.256 e. The summed E-state index contributed by atoms with van der Waals surface area (Å²) >= 11 is 0. The Kier molecular flexibility index (Phi) is 6.76. The molecule has 0 aromatic carbocycles. The molecule has 8 heteroatoms. The second-order valence-electron chi connectivity index (χ2n) is 10.1. The molecule has 0 atom stereocenters. The molecule has 2 fully saturated rings. The number of nitrogens with one attached hydrogen (secondary N) is 1. The second-order valence-corrected chi connectivity index (χ2v) is 10.1. The van der Waals surface area contributed by atoms with Gasteiger partial charge in [-0.2, -0.15) is 5.10 Å². The van der Waals surface area contributed by atoms with Crippen molar-refractivity contribution in [3.05, 3.63) is 48.5 Å². The highest BCUT2D eigenvalue weighted by atomic mass is 16.1. The fraction of sp³-hybridized carbons (Fsp3) is 0.538. The van der Waals surface area contributed by atoms with Gasteiger partial charge >= 0.3 is 0 Å². The molecule has 3 aromatic heterocycles. The zero-order valence-corrected chi connectivity index (χ0v) is 19.9. The normalized spacial score (nSPS) is 25.2. The molecule has 0 spiro atoms. The lowest BCUT2D eigenvalue weighted by atomic mass is 9.76. The number of carbonyl (C=O) groups is 1. The molecule has 0 bridgehead atoms. The van der Waals surface area contributed by atoms with Gasteiger partial charge in [0, 0.05) is 31.5 Å². The van der Waals surface area contributed by atoms with Crippen LogP contribution in [0, 0.1) is 11.8 Å². The van der Waals surface area contributed by atoms with Crippen LogP contribution >= 0.6 is 0 Å². The van der Waals surface area contributed by atoms with Gasteiger partial charge < -0.3 is 16.0 Å². The summed E-state index contributed by atoms with van der Waals surface area (Å²) in [6.45, 7) is 0. The maximum absolute atomic E-state index is 13.1. The second kappa shape index (κ2) is 10.1. The number of anilines is 2. The maximum atomic E-state index is 13.1. The van der Waals surface area contributed by atoms with Crippen molar-refractivity contribution in [2.75, 3.05) is 11.9 Å². The average molecular weight is 462 g/mol. The van der Waals surface area contributed by atoms with Crippen LogP contribution in [0.5, 0.6) is 0 Å². The highest BCUT2D eigenvalue weighted by molar-refractivity contribution is 6.00. The summed E-state index contributed by atoms with van der Waals surface area (Å²) in [4.78, 5) is 24.0. The Morgan fingerprint density at radius 1 is 1.09 bits per heavy atom. The quantitative estimate of drug-likeness (QED) is 0.573. The Morgan fingerprint density at radius 2 is 1.82 bits per heavy atom. The van der Waals surface area contributed by atoms with Gasteiger partial charge in [0.2, 0.25) is 0 Å². The molecule has 34 heavy (non-hydrogen) atoms. The van der Waals surface area contributed by atoms with Crippen molar-refractivity contribution in [1.82, 2.24) is 24.9 Å². The number of hydrogen-bond acceptors (Lipinski definition) is 6. The van der Waals surface area contributed by atoms with E-state index in [1.807, 2.05) is 36.3 Å². The summed E-state index contributed by atoms with van der Waals surface area (Å²) in [5, 5.41) is 7.59. The van der Waals surface area contributed by atoms with E-state index in [4.69, 9.17) is 10.7 Å². The van der Waals surface area contributed by atoms with Crippen LogP contribution in [-0.2, 0) is 0 Å². The van der Waals surface area contributed by atoms with Gasteiger partial charge in [-0.25, -0.2) is 9.50 Å². The summed E-state index contributed by atoms with van der Waals surface area (Å²) in [6, 6.07) is 6.39. The predicted octanol–water partition coefficient (Wildman–Crippen LogP) is 4.09. The van der Waals surface area contributed by atoms with Gasteiger partial charge in [-0.3, -0.25) is 9.78 Å². The molecular formula is C26H35N7O. The predicted molar refractivity (Wildman–Crippen MR) is 133 cm³/mol. The van der Waals surface area contributed by atoms with Crippen LogP contribution in [-0.4, -0.2) is 44.6 Å². The molecule has 8 nitrogen and oxygen atoms in total. The molecule has 0 unspecified atom stereocenters. The Labute approximate surface area is 201 Å². The van der Waals surface area contributed by atoms with Crippen molar-refractivity contribution in [1.29, 1.82) is 0 Å². The number of nitrogens with two attached hydrogens (primary N) is 1. The fourth-order valence-corrected chi connectivity index (χ4v) is 5.59. The number of pyridine rings is 1. The van der Waals surface area contributed by atoms with E-state index >= 15 is 0 Å². The number of amides is 1. The molecule has 3 heterocycles. The Balaban J connectivity index is 1.19. The third-order valence-electron chi connectivity index (χ3n) is 7.72. The average Bonchev–Trinajstić information content (AvgIpc) is 3.30. The first-order valence-electron chi connectivity index (χ1n) is 12.6. The third-order valence-corrected chi connectivity index (χ3v) is 7.72. The third kappa shape index (κ3) is 5.06. The van der Waals surface area contributed by atoms with Gasteiger partial charge in [-0.05, 0) is 87.8 Å². The summed E-state index contributed by atoms with van der Waals surface area (Å²) in [7, 11) is 1.94. The monoisotopic (exact) mass is 461 g/mol. The summed E-state index contributed by atoms with van der Waals surface area (Å²) in [5.41, 5.74) is 8.07. The SMILES string of the molecule is CN(c1cccnc1)c1ccn2ncc(C(=O)NC3CCC(CC4CCC(N)CC4)CC3)c2n1. The number of hydrogen-bond donors (Lipinski definition) is 2.